The second kappa shape index (κ2) is 11.3. The van der Waals surface area contributed by atoms with Gasteiger partial charge in [0.05, 0.1) is 23.2 Å². The Hall–Kier alpha value is -3.12. The van der Waals surface area contributed by atoms with Gasteiger partial charge in [-0.3, -0.25) is 4.79 Å². The fourth-order valence-electron chi connectivity index (χ4n) is 5.64. The van der Waals surface area contributed by atoms with Crippen molar-refractivity contribution in [2.45, 2.75) is 56.5 Å². The number of carbonyl (C=O) groups excluding carboxylic acids is 1. The van der Waals surface area contributed by atoms with Crippen LogP contribution in [0.2, 0.25) is 5.02 Å². The molecule has 1 saturated heterocycles. The average Bonchev–Trinajstić information content (AvgIpc) is 3.70. The Bertz CT molecular complexity index is 1620. The van der Waals surface area contributed by atoms with Crippen LogP contribution in [0.3, 0.4) is 0 Å². The van der Waals surface area contributed by atoms with Crippen molar-refractivity contribution in [2.24, 2.45) is 5.41 Å². The molecule has 1 aliphatic heterocycles. The molecule has 2 atom stereocenters. The Morgan fingerprint density at radius 3 is 2.63 bits per heavy atom. The van der Waals surface area contributed by atoms with Crippen LogP contribution in [0, 0.1) is 5.41 Å². The van der Waals surface area contributed by atoms with Crippen molar-refractivity contribution < 1.29 is 14.6 Å². The zero-order valence-corrected chi connectivity index (χ0v) is 24.9. The van der Waals surface area contributed by atoms with Crippen LogP contribution in [-0.2, 0) is 15.1 Å². The van der Waals surface area contributed by atoms with E-state index in [1.165, 1.54) is 5.56 Å². The number of halogens is 1. The molecule has 0 radical (unpaired) electrons. The normalized spacial score (nSPS) is 20.9. The smallest absolute Gasteiger partial charge is 0.306 e. The van der Waals surface area contributed by atoms with Crippen LogP contribution in [0.5, 0.6) is 0 Å². The number of ether oxygens (including phenoxy) is 1. The number of aromatic nitrogens is 1. The fourth-order valence-corrected chi connectivity index (χ4v) is 7.41. The second-order valence-electron chi connectivity index (χ2n) is 11.9. The molecule has 2 aliphatic rings. The van der Waals surface area contributed by atoms with Gasteiger partial charge in [-0.2, -0.15) is 11.8 Å². The molecule has 1 N–H and O–H groups in total. The van der Waals surface area contributed by atoms with E-state index in [4.69, 9.17) is 21.3 Å². The van der Waals surface area contributed by atoms with Gasteiger partial charge in [0.15, 0.2) is 0 Å². The Kier molecular flexibility index (Phi) is 7.71. The Balaban J connectivity index is 1.31. The number of benzene rings is 3. The van der Waals surface area contributed by atoms with Crippen molar-refractivity contribution in [3.05, 3.63) is 112 Å². The third kappa shape index (κ3) is 6.53. The van der Waals surface area contributed by atoms with Gasteiger partial charge in [0, 0.05) is 27.8 Å². The van der Waals surface area contributed by atoms with Crippen LogP contribution in [0.4, 0.5) is 0 Å². The lowest BCUT2D eigenvalue weighted by molar-refractivity contribution is -0.151. The van der Waals surface area contributed by atoms with Crippen LogP contribution < -0.4 is 0 Å². The van der Waals surface area contributed by atoms with Crippen molar-refractivity contribution in [3.63, 3.8) is 0 Å². The number of nitrogens with zero attached hydrogens (tertiary/aromatic N) is 1. The molecule has 4 aromatic rings. The standard InChI is InChI=1S/C35H34ClNO3S/c1-34(2,39)29-9-4-3-8-28(29)31-20-32(41-22-35(16-17-35)21-33(38)40-31)25-7-5-6-23(18-25)10-14-27-15-12-24-11-13-26(36)19-30(24)37-27/h3-15,18-19,31-32,39H,16-17,20-22H2,1-2H3/b14-10+/t31-,32+/m0/s1. The van der Waals surface area contributed by atoms with Gasteiger partial charge in [-0.25, -0.2) is 4.98 Å². The van der Waals surface area contributed by atoms with Crippen molar-refractivity contribution >= 4 is 52.4 Å². The number of hydrogen-bond acceptors (Lipinski definition) is 5. The number of esters is 1. The van der Waals surface area contributed by atoms with E-state index in [0.29, 0.717) is 17.9 Å². The lowest BCUT2D eigenvalue weighted by Gasteiger charge is -2.28. The number of cyclic esters (lactones) is 1. The molecule has 2 fully saturated rings. The van der Waals surface area contributed by atoms with Gasteiger partial charge in [0.25, 0.3) is 0 Å². The highest BCUT2D eigenvalue weighted by Gasteiger charge is 2.46. The molecule has 0 bridgehead atoms. The molecule has 1 spiro atoms. The Labute approximate surface area is 250 Å². The molecule has 6 heteroatoms. The molecule has 1 aliphatic carbocycles. The quantitative estimate of drug-likeness (QED) is 0.238. The van der Waals surface area contributed by atoms with E-state index in [0.717, 1.165) is 51.9 Å². The maximum Gasteiger partial charge on any atom is 0.306 e. The fraction of sp³-hybridized carbons (Fsp3) is 0.314. The summed E-state index contributed by atoms with van der Waals surface area (Å²) in [5.74, 6) is 0.802. The van der Waals surface area contributed by atoms with Gasteiger partial charge < -0.3 is 9.84 Å². The predicted molar refractivity (Wildman–Crippen MR) is 169 cm³/mol. The SMILES string of the molecule is CC(C)(O)c1ccccc1[C@@H]1C[C@H](c2cccc(/C=C/c3ccc4ccc(Cl)cc4n3)c2)SCC2(CC2)CC(=O)O1. The molecule has 1 aromatic heterocycles. The summed E-state index contributed by atoms with van der Waals surface area (Å²) >= 11 is 8.11. The lowest BCUT2D eigenvalue weighted by Crippen LogP contribution is -2.22. The molecule has 4 nitrogen and oxygen atoms in total. The number of thioether (sulfide) groups is 1. The van der Waals surface area contributed by atoms with E-state index < -0.39 is 11.7 Å². The summed E-state index contributed by atoms with van der Waals surface area (Å²) in [6, 6.07) is 26.2. The highest BCUT2D eigenvalue weighted by Crippen LogP contribution is 2.55. The minimum absolute atomic E-state index is 0.0484. The molecular formula is C35H34ClNO3S. The summed E-state index contributed by atoms with van der Waals surface area (Å²) < 4.78 is 6.20. The Morgan fingerprint density at radius 1 is 1.02 bits per heavy atom. The van der Waals surface area contributed by atoms with E-state index in [2.05, 4.69) is 36.4 Å². The summed E-state index contributed by atoms with van der Waals surface area (Å²) in [5, 5.41) is 12.8. The largest absolute Gasteiger partial charge is 0.457 e. The summed E-state index contributed by atoms with van der Waals surface area (Å²) in [6.45, 7) is 3.56. The van der Waals surface area contributed by atoms with Gasteiger partial charge >= 0.3 is 5.97 Å². The van der Waals surface area contributed by atoms with E-state index in [-0.39, 0.29) is 16.6 Å². The number of rotatable bonds is 5. The van der Waals surface area contributed by atoms with Crippen LogP contribution in [0.15, 0.2) is 78.9 Å². The highest BCUT2D eigenvalue weighted by molar-refractivity contribution is 7.99. The van der Waals surface area contributed by atoms with Crippen molar-refractivity contribution in [1.29, 1.82) is 0 Å². The van der Waals surface area contributed by atoms with Gasteiger partial charge in [-0.1, -0.05) is 78.3 Å². The van der Waals surface area contributed by atoms with Crippen LogP contribution in [0.1, 0.15) is 78.8 Å². The monoisotopic (exact) mass is 583 g/mol. The zero-order valence-electron chi connectivity index (χ0n) is 23.3. The number of aliphatic hydroxyl groups is 1. The van der Waals surface area contributed by atoms with Crippen LogP contribution >= 0.6 is 23.4 Å². The topological polar surface area (TPSA) is 59.4 Å². The minimum Gasteiger partial charge on any atom is -0.457 e. The number of fused-ring (bicyclic) bond motifs is 1. The first-order chi connectivity index (χ1) is 19.7. The zero-order chi connectivity index (χ0) is 28.6. The molecule has 1 saturated carbocycles. The van der Waals surface area contributed by atoms with E-state index in [1.807, 2.05) is 66.4 Å². The summed E-state index contributed by atoms with van der Waals surface area (Å²) in [7, 11) is 0. The first-order valence-corrected chi connectivity index (χ1v) is 15.6. The third-order valence-electron chi connectivity index (χ3n) is 8.14. The van der Waals surface area contributed by atoms with Gasteiger partial charge in [0.2, 0.25) is 0 Å². The maximum atomic E-state index is 13.1. The van der Waals surface area contributed by atoms with Gasteiger partial charge in [0.1, 0.15) is 6.10 Å². The average molecular weight is 584 g/mol. The first-order valence-electron chi connectivity index (χ1n) is 14.1. The molecule has 6 rings (SSSR count). The second-order valence-corrected chi connectivity index (χ2v) is 13.5. The summed E-state index contributed by atoms with van der Waals surface area (Å²) in [6.07, 6.45) is 6.91. The first kappa shape index (κ1) is 28.0. The Morgan fingerprint density at radius 2 is 1.83 bits per heavy atom. The van der Waals surface area contributed by atoms with Gasteiger partial charge in [-0.15, -0.1) is 0 Å². The van der Waals surface area contributed by atoms with E-state index >= 15 is 0 Å². The molecule has 41 heavy (non-hydrogen) atoms. The summed E-state index contributed by atoms with van der Waals surface area (Å²) in [4.78, 5) is 17.8. The maximum absolute atomic E-state index is 13.1. The van der Waals surface area contributed by atoms with Crippen LogP contribution in [0.25, 0.3) is 23.1 Å². The predicted octanol–water partition coefficient (Wildman–Crippen LogP) is 8.92. The summed E-state index contributed by atoms with van der Waals surface area (Å²) in [5.41, 5.74) is 4.70. The minimum atomic E-state index is -1.05. The van der Waals surface area contributed by atoms with E-state index in [1.54, 1.807) is 13.8 Å². The molecule has 2 heterocycles. The number of hydrogen-bond donors (Lipinski definition) is 1. The molecule has 210 valence electrons. The molecule has 0 amide bonds. The van der Waals surface area contributed by atoms with Gasteiger partial charge in [-0.05, 0) is 78.6 Å². The van der Waals surface area contributed by atoms with E-state index in [9.17, 15) is 9.90 Å². The lowest BCUT2D eigenvalue weighted by atomic mass is 9.88. The van der Waals surface area contributed by atoms with Crippen molar-refractivity contribution in [3.8, 4) is 0 Å². The molecule has 0 unspecified atom stereocenters. The molecule has 3 aromatic carbocycles. The third-order valence-corrected chi connectivity index (χ3v) is 10.0. The van der Waals surface area contributed by atoms with Crippen molar-refractivity contribution in [2.75, 3.05) is 5.75 Å². The number of carbonyl (C=O) groups is 1. The number of pyridine rings is 1. The van der Waals surface area contributed by atoms with Crippen LogP contribution in [-0.4, -0.2) is 21.8 Å². The highest BCUT2D eigenvalue weighted by atomic mass is 35.5. The molecular weight excluding hydrogens is 550 g/mol. The van der Waals surface area contributed by atoms with Crippen molar-refractivity contribution in [1.82, 2.24) is 4.98 Å².